The van der Waals surface area contributed by atoms with Crippen LogP contribution in [0.4, 0.5) is 10.1 Å². The van der Waals surface area contributed by atoms with E-state index >= 15 is 0 Å². The number of nitrogens with one attached hydrogen (secondary N) is 1. The Labute approximate surface area is 113 Å². The fourth-order valence-corrected chi connectivity index (χ4v) is 1.96. The maximum absolute atomic E-state index is 13.5. The molecule has 2 rings (SSSR count). The van der Waals surface area contributed by atoms with Crippen LogP contribution in [0.2, 0.25) is 0 Å². The van der Waals surface area contributed by atoms with E-state index < -0.39 is 0 Å². The van der Waals surface area contributed by atoms with Gasteiger partial charge in [-0.15, -0.1) is 0 Å². The molecule has 1 atom stereocenters. The van der Waals surface area contributed by atoms with Gasteiger partial charge < -0.3 is 10.1 Å². The molecule has 0 heterocycles. The number of anilines is 1. The molecule has 0 aliphatic rings. The Balaban J connectivity index is 2.19. The van der Waals surface area contributed by atoms with Gasteiger partial charge in [-0.1, -0.05) is 36.4 Å². The van der Waals surface area contributed by atoms with Gasteiger partial charge in [0.25, 0.3) is 0 Å². The van der Waals surface area contributed by atoms with Gasteiger partial charge >= 0.3 is 0 Å². The van der Waals surface area contributed by atoms with Gasteiger partial charge in [-0.25, -0.2) is 4.39 Å². The maximum atomic E-state index is 13.5. The molecule has 0 spiro atoms. The summed E-state index contributed by atoms with van der Waals surface area (Å²) in [5.41, 5.74) is 2.52. The third-order valence-electron chi connectivity index (χ3n) is 3.05. The van der Waals surface area contributed by atoms with Crippen molar-refractivity contribution in [2.75, 3.05) is 19.0 Å². The average Bonchev–Trinajstić information content (AvgIpc) is 2.43. The predicted octanol–water partition coefficient (Wildman–Crippen LogP) is 3.93. The largest absolute Gasteiger partial charge is 0.382 e. The van der Waals surface area contributed by atoms with Crippen LogP contribution in [-0.2, 0) is 4.74 Å². The number of hydrogen-bond acceptors (Lipinski definition) is 2. The maximum Gasteiger partial charge on any atom is 0.128 e. The summed E-state index contributed by atoms with van der Waals surface area (Å²) in [4.78, 5) is 0. The topological polar surface area (TPSA) is 21.3 Å². The Hall–Kier alpha value is -1.87. The molecule has 0 amide bonds. The molecule has 3 heteroatoms. The van der Waals surface area contributed by atoms with Crippen LogP contribution in [0.15, 0.2) is 48.5 Å². The number of aryl methyl sites for hydroxylation is 1. The third kappa shape index (κ3) is 3.55. The van der Waals surface area contributed by atoms with E-state index in [-0.39, 0.29) is 11.9 Å². The summed E-state index contributed by atoms with van der Waals surface area (Å²) < 4.78 is 18.8. The van der Waals surface area contributed by atoms with Gasteiger partial charge in [0, 0.05) is 12.8 Å². The first-order valence-electron chi connectivity index (χ1n) is 6.27. The van der Waals surface area contributed by atoms with Crippen molar-refractivity contribution in [2.45, 2.75) is 13.0 Å². The van der Waals surface area contributed by atoms with Crippen LogP contribution < -0.4 is 5.32 Å². The van der Waals surface area contributed by atoms with Crippen LogP contribution in [-0.4, -0.2) is 13.7 Å². The van der Waals surface area contributed by atoms with Crippen LogP contribution >= 0.6 is 0 Å². The van der Waals surface area contributed by atoms with Crippen molar-refractivity contribution in [1.82, 2.24) is 0 Å². The second-order valence-corrected chi connectivity index (χ2v) is 4.53. The summed E-state index contributed by atoms with van der Waals surface area (Å²) in [7, 11) is 1.66. The summed E-state index contributed by atoms with van der Waals surface area (Å²) >= 11 is 0. The minimum absolute atomic E-state index is 0.00769. The average molecular weight is 259 g/mol. The summed E-state index contributed by atoms with van der Waals surface area (Å²) in [5, 5.41) is 3.30. The normalized spacial score (nSPS) is 12.2. The summed E-state index contributed by atoms with van der Waals surface area (Å²) in [6, 6.07) is 15.2. The molecule has 0 aliphatic heterocycles. The molecule has 2 aromatic carbocycles. The molecule has 0 aliphatic carbocycles. The van der Waals surface area contributed by atoms with Gasteiger partial charge in [0.2, 0.25) is 0 Å². The molecule has 0 saturated carbocycles. The fraction of sp³-hybridized carbons (Fsp3) is 0.250. The van der Waals surface area contributed by atoms with Crippen molar-refractivity contribution in [1.29, 1.82) is 0 Å². The van der Waals surface area contributed by atoms with Crippen LogP contribution in [0.1, 0.15) is 17.2 Å². The number of hydrogen-bond donors (Lipinski definition) is 1. The van der Waals surface area contributed by atoms with E-state index in [4.69, 9.17) is 4.74 Å². The molecule has 0 aromatic heterocycles. The van der Waals surface area contributed by atoms with E-state index in [0.29, 0.717) is 12.2 Å². The lowest BCUT2D eigenvalue weighted by molar-refractivity contribution is 0.186. The van der Waals surface area contributed by atoms with Crippen molar-refractivity contribution in [3.05, 3.63) is 65.5 Å². The molecular formula is C16H18FNO. The SMILES string of the molecule is COCC(Nc1ccc(C)c(F)c1)c1ccccc1. The Bertz CT molecular complexity index is 528. The van der Waals surface area contributed by atoms with E-state index in [1.54, 1.807) is 20.1 Å². The van der Waals surface area contributed by atoms with Crippen LogP contribution in [0, 0.1) is 12.7 Å². The molecule has 0 radical (unpaired) electrons. The second-order valence-electron chi connectivity index (χ2n) is 4.53. The van der Waals surface area contributed by atoms with Crippen molar-refractivity contribution >= 4 is 5.69 Å². The third-order valence-corrected chi connectivity index (χ3v) is 3.05. The lowest BCUT2D eigenvalue weighted by Gasteiger charge is -2.20. The predicted molar refractivity (Wildman–Crippen MR) is 75.8 cm³/mol. The first-order valence-corrected chi connectivity index (χ1v) is 6.27. The molecule has 2 aromatic rings. The summed E-state index contributed by atoms with van der Waals surface area (Å²) in [6.07, 6.45) is 0. The fourth-order valence-electron chi connectivity index (χ4n) is 1.96. The van der Waals surface area contributed by atoms with Crippen LogP contribution in [0.5, 0.6) is 0 Å². The van der Waals surface area contributed by atoms with E-state index in [0.717, 1.165) is 11.3 Å². The molecule has 100 valence electrons. The number of halogens is 1. The highest BCUT2D eigenvalue weighted by molar-refractivity contribution is 5.47. The standard InChI is InChI=1S/C16H18FNO/c1-12-8-9-14(10-15(12)17)18-16(11-19-2)13-6-4-3-5-7-13/h3-10,16,18H,11H2,1-2H3. The Kier molecular flexibility index (Phi) is 4.53. The Morgan fingerprint density at radius 1 is 1.16 bits per heavy atom. The van der Waals surface area contributed by atoms with E-state index in [2.05, 4.69) is 5.32 Å². The number of methoxy groups -OCH3 is 1. The van der Waals surface area contributed by atoms with Gasteiger partial charge in [0.15, 0.2) is 0 Å². The lowest BCUT2D eigenvalue weighted by atomic mass is 10.1. The number of ether oxygens (including phenoxy) is 1. The smallest absolute Gasteiger partial charge is 0.128 e. The number of benzene rings is 2. The second kappa shape index (κ2) is 6.34. The quantitative estimate of drug-likeness (QED) is 0.878. The highest BCUT2D eigenvalue weighted by Gasteiger charge is 2.11. The van der Waals surface area contributed by atoms with Gasteiger partial charge in [0.1, 0.15) is 5.82 Å². The molecule has 2 nitrogen and oxygen atoms in total. The van der Waals surface area contributed by atoms with E-state index in [1.807, 2.05) is 36.4 Å². The Morgan fingerprint density at radius 2 is 1.89 bits per heavy atom. The molecule has 0 bridgehead atoms. The van der Waals surface area contributed by atoms with Gasteiger partial charge in [-0.05, 0) is 30.2 Å². The van der Waals surface area contributed by atoms with Crippen molar-refractivity contribution in [2.24, 2.45) is 0 Å². The monoisotopic (exact) mass is 259 g/mol. The lowest BCUT2D eigenvalue weighted by Crippen LogP contribution is -2.16. The van der Waals surface area contributed by atoms with Gasteiger partial charge in [0.05, 0.1) is 12.6 Å². The zero-order valence-electron chi connectivity index (χ0n) is 11.2. The molecule has 0 saturated heterocycles. The summed E-state index contributed by atoms with van der Waals surface area (Å²) in [5.74, 6) is -0.200. The minimum Gasteiger partial charge on any atom is -0.382 e. The van der Waals surface area contributed by atoms with Crippen molar-refractivity contribution in [3.8, 4) is 0 Å². The minimum atomic E-state index is -0.200. The number of rotatable bonds is 5. The molecular weight excluding hydrogens is 241 g/mol. The van der Waals surface area contributed by atoms with E-state index in [1.165, 1.54) is 6.07 Å². The summed E-state index contributed by atoms with van der Waals surface area (Å²) in [6.45, 7) is 2.28. The van der Waals surface area contributed by atoms with Crippen LogP contribution in [0.25, 0.3) is 0 Å². The van der Waals surface area contributed by atoms with Crippen LogP contribution in [0.3, 0.4) is 0 Å². The van der Waals surface area contributed by atoms with E-state index in [9.17, 15) is 4.39 Å². The van der Waals surface area contributed by atoms with Gasteiger partial charge in [-0.3, -0.25) is 0 Å². The zero-order valence-corrected chi connectivity index (χ0v) is 11.2. The highest BCUT2D eigenvalue weighted by atomic mass is 19.1. The molecule has 1 N–H and O–H groups in total. The first kappa shape index (κ1) is 13.6. The van der Waals surface area contributed by atoms with Gasteiger partial charge in [-0.2, -0.15) is 0 Å². The highest BCUT2D eigenvalue weighted by Crippen LogP contribution is 2.21. The molecule has 0 fully saturated rings. The zero-order chi connectivity index (χ0) is 13.7. The first-order chi connectivity index (χ1) is 9.20. The molecule has 19 heavy (non-hydrogen) atoms. The molecule has 1 unspecified atom stereocenters. The Morgan fingerprint density at radius 3 is 2.53 bits per heavy atom. The van der Waals surface area contributed by atoms with Crippen molar-refractivity contribution < 1.29 is 9.13 Å². The van der Waals surface area contributed by atoms with Crippen molar-refractivity contribution in [3.63, 3.8) is 0 Å².